The highest BCUT2D eigenvalue weighted by molar-refractivity contribution is 5.78. The Labute approximate surface area is 122 Å². The van der Waals surface area contributed by atoms with E-state index in [1.807, 2.05) is 14.1 Å². The van der Waals surface area contributed by atoms with Crippen LogP contribution in [0.4, 0.5) is 5.69 Å². The van der Waals surface area contributed by atoms with Gasteiger partial charge in [0.25, 0.3) is 0 Å². The topological polar surface area (TPSA) is 44.9 Å². The average Bonchev–Trinajstić information content (AvgIpc) is 2.45. The monoisotopic (exact) mass is 274 g/mol. The fourth-order valence-electron chi connectivity index (χ4n) is 2.57. The van der Waals surface area contributed by atoms with Crippen molar-refractivity contribution in [3.63, 3.8) is 0 Å². The third kappa shape index (κ3) is 3.89. The van der Waals surface area contributed by atoms with Crippen LogP contribution in [-0.2, 0) is 6.54 Å². The van der Waals surface area contributed by atoms with Crippen molar-refractivity contribution in [1.82, 2.24) is 4.90 Å². The van der Waals surface area contributed by atoms with Crippen molar-refractivity contribution in [1.29, 1.82) is 0 Å². The molecule has 1 saturated heterocycles. The normalized spacial score (nSPS) is 20.1. The number of hydrogen-bond donors (Lipinski definition) is 1. The number of likely N-dealkylation sites (tertiary alicyclic amines) is 1. The van der Waals surface area contributed by atoms with E-state index in [4.69, 9.17) is 5.73 Å². The third-order valence-corrected chi connectivity index (χ3v) is 3.86. The van der Waals surface area contributed by atoms with Gasteiger partial charge in [0.2, 0.25) is 0 Å². The maximum atomic E-state index is 6.10. The van der Waals surface area contributed by atoms with Crippen LogP contribution in [0, 0.1) is 5.92 Å². The van der Waals surface area contributed by atoms with Crippen molar-refractivity contribution in [3.05, 3.63) is 29.8 Å². The second-order valence-corrected chi connectivity index (χ2v) is 5.93. The van der Waals surface area contributed by atoms with Crippen LogP contribution >= 0.6 is 0 Å². The molecule has 1 aliphatic rings. The van der Waals surface area contributed by atoms with Gasteiger partial charge in [-0.1, -0.05) is 19.1 Å². The van der Waals surface area contributed by atoms with E-state index in [-0.39, 0.29) is 0 Å². The summed E-state index contributed by atoms with van der Waals surface area (Å²) in [7, 11) is 4.09. The molecule has 0 radical (unpaired) electrons. The van der Waals surface area contributed by atoms with Crippen molar-refractivity contribution in [3.8, 4) is 0 Å². The molecule has 0 aliphatic carbocycles. The van der Waals surface area contributed by atoms with Gasteiger partial charge in [0.1, 0.15) is 0 Å². The number of hydrogen-bond acceptors (Lipinski definition) is 2. The van der Waals surface area contributed by atoms with E-state index in [1.54, 1.807) is 0 Å². The minimum Gasteiger partial charge on any atom is -0.378 e. The number of anilines is 1. The van der Waals surface area contributed by atoms with Gasteiger partial charge >= 0.3 is 0 Å². The Morgan fingerprint density at radius 1 is 1.35 bits per heavy atom. The molecule has 110 valence electrons. The summed E-state index contributed by atoms with van der Waals surface area (Å²) in [6.07, 6.45) is 2.52. The standard InChI is InChI=1S/C16H26N4/c1-13-5-4-10-20(12-13)16(17)18-11-14-6-8-15(9-7-14)19(2)3/h6-9,13H,4-5,10-12H2,1-3H3,(H2,17,18). The van der Waals surface area contributed by atoms with Crippen molar-refractivity contribution >= 4 is 11.6 Å². The molecule has 2 rings (SSSR count). The minimum absolute atomic E-state index is 0.657. The zero-order valence-corrected chi connectivity index (χ0v) is 12.8. The lowest BCUT2D eigenvalue weighted by Crippen LogP contribution is -2.43. The minimum atomic E-state index is 0.657. The van der Waals surface area contributed by atoms with Crippen molar-refractivity contribution in [2.75, 3.05) is 32.1 Å². The highest BCUT2D eigenvalue weighted by Gasteiger charge is 2.17. The molecule has 1 atom stereocenters. The van der Waals surface area contributed by atoms with E-state index in [9.17, 15) is 0 Å². The predicted octanol–water partition coefficient (Wildman–Crippen LogP) is 2.30. The van der Waals surface area contributed by atoms with Crippen LogP contribution < -0.4 is 10.6 Å². The molecular weight excluding hydrogens is 248 g/mol. The van der Waals surface area contributed by atoms with Crippen LogP contribution in [0.2, 0.25) is 0 Å². The van der Waals surface area contributed by atoms with Crippen LogP contribution in [-0.4, -0.2) is 38.0 Å². The average molecular weight is 274 g/mol. The molecule has 0 aromatic heterocycles. The molecule has 1 fully saturated rings. The van der Waals surface area contributed by atoms with Crippen molar-refractivity contribution < 1.29 is 0 Å². The Balaban J connectivity index is 1.94. The third-order valence-electron chi connectivity index (χ3n) is 3.86. The number of nitrogens with zero attached hydrogens (tertiary/aromatic N) is 3. The number of piperidine rings is 1. The fraction of sp³-hybridized carbons (Fsp3) is 0.562. The molecule has 1 unspecified atom stereocenters. The van der Waals surface area contributed by atoms with Gasteiger partial charge in [0, 0.05) is 32.9 Å². The Bertz CT molecular complexity index is 450. The zero-order chi connectivity index (χ0) is 14.5. The van der Waals surface area contributed by atoms with Crippen molar-refractivity contribution in [2.24, 2.45) is 16.6 Å². The second-order valence-electron chi connectivity index (χ2n) is 5.93. The van der Waals surface area contributed by atoms with E-state index in [1.165, 1.54) is 24.1 Å². The molecule has 20 heavy (non-hydrogen) atoms. The maximum Gasteiger partial charge on any atom is 0.191 e. The van der Waals surface area contributed by atoms with Crippen LogP contribution in [0.1, 0.15) is 25.3 Å². The Kier molecular flexibility index (Phi) is 4.88. The van der Waals surface area contributed by atoms with E-state index in [2.05, 4.69) is 46.0 Å². The number of rotatable bonds is 3. The zero-order valence-electron chi connectivity index (χ0n) is 12.8. The molecule has 0 spiro atoms. The van der Waals surface area contributed by atoms with Gasteiger partial charge in [-0.15, -0.1) is 0 Å². The summed E-state index contributed by atoms with van der Waals surface area (Å²) in [6.45, 7) is 5.01. The highest BCUT2D eigenvalue weighted by atomic mass is 15.3. The van der Waals surface area contributed by atoms with E-state index >= 15 is 0 Å². The van der Waals surface area contributed by atoms with Crippen LogP contribution in [0.15, 0.2) is 29.3 Å². The summed E-state index contributed by atoms with van der Waals surface area (Å²) in [4.78, 5) is 8.84. The lowest BCUT2D eigenvalue weighted by molar-refractivity contribution is 0.270. The summed E-state index contributed by atoms with van der Waals surface area (Å²) < 4.78 is 0. The number of nitrogens with two attached hydrogens (primary N) is 1. The van der Waals surface area contributed by atoms with Gasteiger partial charge in [0.15, 0.2) is 5.96 Å². The summed E-state index contributed by atoms with van der Waals surface area (Å²) in [5.74, 6) is 1.41. The summed E-state index contributed by atoms with van der Waals surface area (Å²) in [5.41, 5.74) is 8.51. The van der Waals surface area contributed by atoms with Crippen LogP contribution in [0.5, 0.6) is 0 Å². The molecular formula is C16H26N4. The quantitative estimate of drug-likeness (QED) is 0.679. The van der Waals surface area contributed by atoms with Crippen LogP contribution in [0.25, 0.3) is 0 Å². The van der Waals surface area contributed by atoms with Gasteiger partial charge in [-0.05, 0) is 36.5 Å². The van der Waals surface area contributed by atoms with Crippen LogP contribution in [0.3, 0.4) is 0 Å². The highest BCUT2D eigenvalue weighted by Crippen LogP contribution is 2.16. The summed E-state index contributed by atoms with van der Waals surface area (Å²) in [5, 5.41) is 0. The largest absolute Gasteiger partial charge is 0.378 e. The van der Waals surface area contributed by atoms with E-state index < -0.39 is 0 Å². The van der Waals surface area contributed by atoms with E-state index in [0.29, 0.717) is 12.5 Å². The first-order valence-electron chi connectivity index (χ1n) is 7.37. The molecule has 4 nitrogen and oxygen atoms in total. The Morgan fingerprint density at radius 2 is 2.05 bits per heavy atom. The SMILES string of the molecule is CC1CCCN(C(N)=NCc2ccc(N(C)C)cc2)C1. The van der Waals surface area contributed by atoms with E-state index in [0.717, 1.165) is 19.0 Å². The number of benzene rings is 1. The first-order valence-corrected chi connectivity index (χ1v) is 7.37. The van der Waals surface area contributed by atoms with Gasteiger partial charge in [-0.2, -0.15) is 0 Å². The number of aliphatic imine (C=N–C) groups is 1. The molecule has 1 aliphatic heterocycles. The smallest absolute Gasteiger partial charge is 0.191 e. The first-order chi connectivity index (χ1) is 9.56. The molecule has 4 heteroatoms. The van der Waals surface area contributed by atoms with Gasteiger partial charge in [-0.3, -0.25) is 0 Å². The molecule has 1 aromatic rings. The molecule has 1 aromatic carbocycles. The molecule has 0 amide bonds. The Morgan fingerprint density at radius 3 is 2.65 bits per heavy atom. The van der Waals surface area contributed by atoms with Gasteiger partial charge in [0.05, 0.1) is 6.54 Å². The van der Waals surface area contributed by atoms with Crippen molar-refractivity contribution in [2.45, 2.75) is 26.3 Å². The summed E-state index contributed by atoms with van der Waals surface area (Å²) in [6, 6.07) is 8.46. The lowest BCUT2D eigenvalue weighted by atomic mass is 10.0. The molecule has 2 N–H and O–H groups in total. The second kappa shape index (κ2) is 6.64. The maximum absolute atomic E-state index is 6.10. The number of guanidine groups is 1. The lowest BCUT2D eigenvalue weighted by Gasteiger charge is -2.31. The fourth-order valence-corrected chi connectivity index (χ4v) is 2.57. The predicted molar refractivity (Wildman–Crippen MR) is 86.1 cm³/mol. The molecule has 1 heterocycles. The van der Waals surface area contributed by atoms with Gasteiger partial charge in [-0.25, -0.2) is 4.99 Å². The molecule has 0 saturated carbocycles. The first kappa shape index (κ1) is 14.7. The Hall–Kier alpha value is -1.71. The molecule has 0 bridgehead atoms. The summed E-state index contributed by atoms with van der Waals surface area (Å²) >= 11 is 0. The van der Waals surface area contributed by atoms with Gasteiger partial charge < -0.3 is 15.5 Å².